The zero-order valence-electron chi connectivity index (χ0n) is 9.92. The first-order valence-corrected chi connectivity index (χ1v) is 6.52. The third-order valence-electron chi connectivity index (χ3n) is 1.94. The lowest BCUT2D eigenvalue weighted by Crippen LogP contribution is -2.32. The Bertz CT molecular complexity index is 367. The number of nitrogens with two attached hydrogens (primary N) is 1. The van der Waals surface area contributed by atoms with Gasteiger partial charge in [-0.25, -0.2) is 0 Å². The molecule has 1 atom stereocenters. The van der Waals surface area contributed by atoms with Gasteiger partial charge in [-0.15, -0.1) is 11.8 Å². The van der Waals surface area contributed by atoms with E-state index in [9.17, 15) is 4.79 Å². The fourth-order valence-electron chi connectivity index (χ4n) is 1.14. The van der Waals surface area contributed by atoms with Gasteiger partial charge in [0.15, 0.2) is 5.82 Å². The fourth-order valence-corrected chi connectivity index (χ4v) is 1.95. The van der Waals surface area contributed by atoms with Crippen molar-refractivity contribution in [3.63, 3.8) is 0 Å². The van der Waals surface area contributed by atoms with Gasteiger partial charge in [0.05, 0.1) is 5.75 Å². The summed E-state index contributed by atoms with van der Waals surface area (Å²) in [6, 6.07) is -0.849. The van der Waals surface area contributed by atoms with Crippen molar-refractivity contribution in [3.05, 3.63) is 11.7 Å². The van der Waals surface area contributed by atoms with E-state index >= 15 is 0 Å². The van der Waals surface area contributed by atoms with Crippen molar-refractivity contribution in [1.82, 2.24) is 10.1 Å². The molecule has 0 saturated carbocycles. The smallest absolute Gasteiger partial charge is 0.321 e. The maximum Gasteiger partial charge on any atom is 0.321 e. The average molecular weight is 259 g/mol. The minimum Gasteiger partial charge on any atom is -0.480 e. The summed E-state index contributed by atoms with van der Waals surface area (Å²) in [5, 5.41) is 12.4. The highest BCUT2D eigenvalue weighted by atomic mass is 32.2. The lowest BCUT2D eigenvalue weighted by atomic mass is 10.1. The predicted octanol–water partition coefficient (Wildman–Crippen LogP) is 0.913. The number of rotatable bonds is 7. The van der Waals surface area contributed by atoms with Crippen LogP contribution >= 0.6 is 11.8 Å². The Morgan fingerprint density at radius 1 is 1.59 bits per heavy atom. The summed E-state index contributed by atoms with van der Waals surface area (Å²) < 4.78 is 5.04. The maximum absolute atomic E-state index is 10.5. The number of hydrogen-bond acceptors (Lipinski definition) is 6. The van der Waals surface area contributed by atoms with Gasteiger partial charge in [-0.3, -0.25) is 4.79 Å². The highest BCUT2D eigenvalue weighted by molar-refractivity contribution is 7.98. The highest BCUT2D eigenvalue weighted by Crippen LogP contribution is 2.12. The highest BCUT2D eigenvalue weighted by Gasteiger charge is 2.13. The summed E-state index contributed by atoms with van der Waals surface area (Å²) in [7, 11) is 0. The number of aromatic nitrogens is 2. The molecule has 0 unspecified atom stereocenters. The number of hydrogen-bond donors (Lipinski definition) is 2. The van der Waals surface area contributed by atoms with Crippen LogP contribution in [0, 0.1) is 5.92 Å². The van der Waals surface area contributed by atoms with E-state index in [0.717, 1.165) is 6.42 Å². The van der Waals surface area contributed by atoms with Crippen LogP contribution in [-0.4, -0.2) is 33.0 Å². The van der Waals surface area contributed by atoms with Crippen LogP contribution in [0.4, 0.5) is 0 Å². The minimum atomic E-state index is -0.997. The average Bonchev–Trinajstić information content (AvgIpc) is 2.64. The van der Waals surface area contributed by atoms with E-state index in [4.69, 9.17) is 15.4 Å². The Labute approximate surface area is 104 Å². The van der Waals surface area contributed by atoms with E-state index in [1.807, 2.05) is 0 Å². The Morgan fingerprint density at radius 2 is 2.29 bits per heavy atom. The molecule has 0 radical (unpaired) electrons. The molecule has 96 valence electrons. The van der Waals surface area contributed by atoms with Crippen LogP contribution in [0.5, 0.6) is 0 Å². The van der Waals surface area contributed by atoms with E-state index in [0.29, 0.717) is 29.1 Å². The summed E-state index contributed by atoms with van der Waals surface area (Å²) in [6.07, 6.45) is 0.781. The fraction of sp³-hybridized carbons (Fsp3) is 0.700. The molecular weight excluding hydrogens is 242 g/mol. The van der Waals surface area contributed by atoms with E-state index < -0.39 is 12.0 Å². The third kappa shape index (κ3) is 5.18. The van der Waals surface area contributed by atoms with Crippen LogP contribution in [0.2, 0.25) is 0 Å². The molecule has 0 aromatic carbocycles. The predicted molar refractivity (Wildman–Crippen MR) is 64.6 cm³/mol. The summed E-state index contributed by atoms with van der Waals surface area (Å²) in [4.78, 5) is 14.7. The zero-order valence-corrected chi connectivity index (χ0v) is 10.7. The van der Waals surface area contributed by atoms with Crippen molar-refractivity contribution in [1.29, 1.82) is 0 Å². The molecule has 1 heterocycles. The van der Waals surface area contributed by atoms with Crippen molar-refractivity contribution in [2.75, 3.05) is 5.75 Å². The molecule has 1 aromatic heterocycles. The molecule has 17 heavy (non-hydrogen) atoms. The summed E-state index contributed by atoms with van der Waals surface area (Å²) in [5.74, 6) is 1.52. The van der Waals surface area contributed by atoms with Crippen LogP contribution in [0.3, 0.4) is 0 Å². The standard InChI is InChI=1S/C10H17N3O3S/c1-6(2)3-8-12-9(16-13-8)5-17-4-7(11)10(14)15/h6-7H,3-5,11H2,1-2H3,(H,14,15)/t7-/m0/s1. The van der Waals surface area contributed by atoms with Crippen molar-refractivity contribution < 1.29 is 14.4 Å². The normalized spacial score (nSPS) is 12.9. The lowest BCUT2D eigenvalue weighted by Gasteiger charge is -2.03. The molecule has 3 N–H and O–H groups in total. The number of carboxylic acid groups (broad SMARTS) is 1. The molecule has 0 aliphatic rings. The molecule has 1 aromatic rings. The van der Waals surface area contributed by atoms with Gasteiger partial charge in [0, 0.05) is 12.2 Å². The minimum absolute atomic E-state index is 0.331. The van der Waals surface area contributed by atoms with Gasteiger partial charge in [-0.1, -0.05) is 19.0 Å². The number of thioether (sulfide) groups is 1. The van der Waals surface area contributed by atoms with Gasteiger partial charge in [0.25, 0.3) is 0 Å². The molecule has 0 fully saturated rings. The maximum atomic E-state index is 10.5. The molecule has 0 bridgehead atoms. The topological polar surface area (TPSA) is 102 Å². The van der Waals surface area contributed by atoms with Crippen LogP contribution in [0.1, 0.15) is 25.6 Å². The van der Waals surface area contributed by atoms with E-state index in [-0.39, 0.29) is 0 Å². The molecule has 0 aliphatic heterocycles. The van der Waals surface area contributed by atoms with Gasteiger partial charge in [0.1, 0.15) is 6.04 Å². The van der Waals surface area contributed by atoms with Gasteiger partial charge in [-0.05, 0) is 5.92 Å². The van der Waals surface area contributed by atoms with Crippen LogP contribution < -0.4 is 5.73 Å². The molecule has 0 spiro atoms. The largest absolute Gasteiger partial charge is 0.480 e. The Morgan fingerprint density at radius 3 is 2.88 bits per heavy atom. The number of carbonyl (C=O) groups is 1. The van der Waals surface area contributed by atoms with Crippen molar-refractivity contribution >= 4 is 17.7 Å². The van der Waals surface area contributed by atoms with Crippen molar-refractivity contribution in [3.8, 4) is 0 Å². The first kappa shape index (κ1) is 14.0. The monoisotopic (exact) mass is 259 g/mol. The van der Waals surface area contributed by atoms with E-state index in [1.165, 1.54) is 11.8 Å². The Balaban J connectivity index is 2.32. The number of aliphatic carboxylic acids is 1. The van der Waals surface area contributed by atoms with Gasteiger partial charge in [-0.2, -0.15) is 4.98 Å². The lowest BCUT2D eigenvalue weighted by molar-refractivity contribution is -0.137. The van der Waals surface area contributed by atoms with Crippen molar-refractivity contribution in [2.45, 2.75) is 32.1 Å². The first-order chi connectivity index (χ1) is 7.99. The second-order valence-electron chi connectivity index (χ2n) is 4.16. The number of carboxylic acids is 1. The zero-order chi connectivity index (χ0) is 12.8. The molecule has 1 rings (SSSR count). The SMILES string of the molecule is CC(C)Cc1noc(CSC[C@H](N)C(=O)O)n1. The second-order valence-corrected chi connectivity index (χ2v) is 5.19. The molecule has 6 nitrogen and oxygen atoms in total. The third-order valence-corrected chi connectivity index (χ3v) is 2.99. The van der Waals surface area contributed by atoms with Crippen LogP contribution in [-0.2, 0) is 17.0 Å². The summed E-state index contributed by atoms with van der Waals surface area (Å²) >= 11 is 1.37. The number of nitrogens with zero attached hydrogens (tertiary/aromatic N) is 2. The Hall–Kier alpha value is -1.08. The van der Waals surface area contributed by atoms with Crippen molar-refractivity contribution in [2.24, 2.45) is 11.7 Å². The molecule has 0 saturated heterocycles. The molecule has 0 amide bonds. The van der Waals surface area contributed by atoms with E-state index in [1.54, 1.807) is 0 Å². The van der Waals surface area contributed by atoms with Gasteiger partial charge < -0.3 is 15.4 Å². The quantitative estimate of drug-likeness (QED) is 0.750. The molecular formula is C10H17N3O3S. The molecule has 7 heteroatoms. The van der Waals surface area contributed by atoms with Gasteiger partial charge >= 0.3 is 5.97 Å². The first-order valence-electron chi connectivity index (χ1n) is 5.36. The second kappa shape index (κ2) is 6.61. The summed E-state index contributed by atoms with van der Waals surface area (Å²) in [6.45, 7) is 4.16. The van der Waals surface area contributed by atoms with E-state index in [2.05, 4.69) is 24.0 Å². The van der Waals surface area contributed by atoms with Crippen LogP contribution in [0.25, 0.3) is 0 Å². The van der Waals surface area contributed by atoms with Gasteiger partial charge in [0.2, 0.25) is 5.89 Å². The summed E-state index contributed by atoms with van der Waals surface area (Å²) in [5.41, 5.74) is 5.36. The Kier molecular flexibility index (Phi) is 5.43. The molecule has 0 aliphatic carbocycles. The van der Waals surface area contributed by atoms with Crippen LogP contribution in [0.15, 0.2) is 4.52 Å².